The zero-order valence-electron chi connectivity index (χ0n) is 17.5. The van der Waals surface area contributed by atoms with Gasteiger partial charge in [-0.15, -0.1) is 0 Å². The molecule has 0 aliphatic carbocycles. The van der Waals surface area contributed by atoms with Crippen LogP contribution >= 0.6 is 0 Å². The Bertz CT molecular complexity index is 1020. The van der Waals surface area contributed by atoms with Gasteiger partial charge in [0.05, 0.1) is 19.1 Å². The van der Waals surface area contributed by atoms with Crippen LogP contribution < -0.4 is 9.47 Å². The van der Waals surface area contributed by atoms with E-state index in [1.165, 1.54) is 42.8 Å². The molecule has 2 aromatic rings. The Morgan fingerprint density at radius 3 is 2.03 bits per heavy atom. The lowest BCUT2D eigenvalue weighted by Gasteiger charge is -2.25. The molecule has 1 saturated heterocycles. The van der Waals surface area contributed by atoms with Gasteiger partial charge in [0.2, 0.25) is 10.0 Å². The summed E-state index contributed by atoms with van der Waals surface area (Å²) < 4.78 is 42.4. The number of carbonyl (C=O) groups excluding carboxylic acids is 2. The van der Waals surface area contributed by atoms with Crippen LogP contribution in [0.3, 0.4) is 0 Å². The number of hydrogen-bond donors (Lipinski definition) is 0. The van der Waals surface area contributed by atoms with Crippen molar-refractivity contribution < 1.29 is 32.2 Å². The number of ketones is 1. The molecule has 1 fully saturated rings. The van der Waals surface area contributed by atoms with E-state index in [9.17, 15) is 18.0 Å². The van der Waals surface area contributed by atoms with Crippen molar-refractivity contribution >= 4 is 21.8 Å². The summed E-state index contributed by atoms with van der Waals surface area (Å²) in [7, 11) is -0.747. The number of esters is 1. The molecule has 0 N–H and O–H groups in total. The molecule has 0 saturated carbocycles. The van der Waals surface area contributed by atoms with Crippen LogP contribution in [0.4, 0.5) is 0 Å². The zero-order chi connectivity index (χ0) is 22.4. The molecule has 166 valence electrons. The van der Waals surface area contributed by atoms with Crippen LogP contribution in [0, 0.1) is 0 Å². The van der Waals surface area contributed by atoms with Crippen LogP contribution in [-0.2, 0) is 14.8 Å². The number of hydrogen-bond acceptors (Lipinski definition) is 7. The van der Waals surface area contributed by atoms with Gasteiger partial charge in [-0.3, -0.25) is 4.79 Å². The van der Waals surface area contributed by atoms with E-state index in [2.05, 4.69) is 0 Å². The number of carbonyl (C=O) groups is 2. The fraction of sp³-hybridized carbons (Fsp3) is 0.364. The first-order valence-corrected chi connectivity index (χ1v) is 11.3. The highest BCUT2D eigenvalue weighted by Gasteiger charge is 2.26. The fourth-order valence-electron chi connectivity index (χ4n) is 3.41. The zero-order valence-corrected chi connectivity index (χ0v) is 18.3. The van der Waals surface area contributed by atoms with E-state index < -0.39 is 28.4 Å². The summed E-state index contributed by atoms with van der Waals surface area (Å²) in [5.74, 6) is -0.677. The van der Waals surface area contributed by atoms with Crippen molar-refractivity contribution in [3.05, 3.63) is 53.6 Å². The Kier molecular flexibility index (Phi) is 7.29. The molecule has 0 bridgehead atoms. The molecule has 3 rings (SSSR count). The number of rotatable bonds is 8. The highest BCUT2D eigenvalue weighted by molar-refractivity contribution is 7.89. The van der Waals surface area contributed by atoms with Crippen molar-refractivity contribution in [3.63, 3.8) is 0 Å². The summed E-state index contributed by atoms with van der Waals surface area (Å²) in [4.78, 5) is 25.1. The average molecular weight is 448 g/mol. The van der Waals surface area contributed by atoms with Crippen LogP contribution in [0.15, 0.2) is 47.4 Å². The number of ether oxygens (including phenoxy) is 3. The number of piperidine rings is 1. The lowest BCUT2D eigenvalue weighted by molar-refractivity contribution is 0.0468. The van der Waals surface area contributed by atoms with Gasteiger partial charge in [-0.25, -0.2) is 13.2 Å². The Balaban J connectivity index is 1.67. The van der Waals surface area contributed by atoms with Gasteiger partial charge in [-0.2, -0.15) is 4.31 Å². The third-order valence-corrected chi connectivity index (χ3v) is 7.01. The SMILES string of the molecule is COc1cccc(OC)c1C(=O)OCC(=O)c1ccc(S(=O)(=O)N2CCCCC2)cc1. The lowest BCUT2D eigenvalue weighted by atomic mass is 10.1. The minimum atomic E-state index is -3.57. The average Bonchev–Trinajstić information content (AvgIpc) is 2.82. The van der Waals surface area contributed by atoms with Crippen molar-refractivity contribution in [2.24, 2.45) is 0 Å². The second-order valence-corrected chi connectivity index (χ2v) is 8.96. The van der Waals surface area contributed by atoms with Crippen LogP contribution in [-0.4, -0.2) is 58.4 Å². The molecule has 0 amide bonds. The topological polar surface area (TPSA) is 99.2 Å². The number of Topliss-reactive ketones (excluding diaryl/α,β-unsaturated/α-hetero) is 1. The molecule has 2 aromatic carbocycles. The highest BCUT2D eigenvalue weighted by atomic mass is 32.2. The molecular weight excluding hydrogens is 422 g/mol. The molecule has 0 aromatic heterocycles. The van der Waals surface area contributed by atoms with Crippen molar-refractivity contribution in [1.82, 2.24) is 4.31 Å². The highest BCUT2D eigenvalue weighted by Crippen LogP contribution is 2.29. The van der Waals surface area contributed by atoms with E-state index >= 15 is 0 Å². The molecule has 1 aliphatic heterocycles. The molecule has 1 heterocycles. The smallest absolute Gasteiger partial charge is 0.346 e. The Hall–Kier alpha value is -2.91. The number of sulfonamides is 1. The third-order valence-electron chi connectivity index (χ3n) is 5.10. The second-order valence-electron chi connectivity index (χ2n) is 7.03. The van der Waals surface area contributed by atoms with Gasteiger partial charge in [0, 0.05) is 18.7 Å². The van der Waals surface area contributed by atoms with Gasteiger partial charge >= 0.3 is 5.97 Å². The van der Waals surface area contributed by atoms with Gasteiger partial charge in [0.1, 0.15) is 17.1 Å². The van der Waals surface area contributed by atoms with E-state index in [0.717, 1.165) is 19.3 Å². The summed E-state index contributed by atoms with van der Waals surface area (Å²) in [5.41, 5.74) is 0.334. The maximum atomic E-state index is 12.7. The molecule has 31 heavy (non-hydrogen) atoms. The first-order chi connectivity index (χ1) is 14.9. The molecule has 1 aliphatic rings. The molecule has 0 spiro atoms. The Labute approximate surface area is 181 Å². The lowest BCUT2D eigenvalue weighted by Crippen LogP contribution is -2.35. The van der Waals surface area contributed by atoms with Crippen LogP contribution in [0.2, 0.25) is 0 Å². The van der Waals surface area contributed by atoms with Crippen molar-refractivity contribution in [3.8, 4) is 11.5 Å². The molecule has 0 unspecified atom stereocenters. The predicted molar refractivity (Wildman–Crippen MR) is 113 cm³/mol. The van der Waals surface area contributed by atoms with E-state index in [0.29, 0.717) is 13.1 Å². The monoisotopic (exact) mass is 447 g/mol. The Morgan fingerprint density at radius 2 is 1.48 bits per heavy atom. The minimum absolute atomic E-state index is 0.0864. The third kappa shape index (κ3) is 5.05. The quantitative estimate of drug-likeness (QED) is 0.453. The second kappa shape index (κ2) is 9.93. The summed E-state index contributed by atoms with van der Waals surface area (Å²) in [5, 5.41) is 0. The molecule has 8 nitrogen and oxygen atoms in total. The summed E-state index contributed by atoms with van der Waals surface area (Å²) >= 11 is 0. The van der Waals surface area contributed by atoms with Crippen LogP contribution in [0.25, 0.3) is 0 Å². The molecule has 0 radical (unpaired) electrons. The summed E-state index contributed by atoms with van der Waals surface area (Å²) in [6.45, 7) is 0.509. The van der Waals surface area contributed by atoms with Crippen molar-refractivity contribution in [2.75, 3.05) is 33.9 Å². The molecule has 9 heteroatoms. The maximum absolute atomic E-state index is 12.7. The number of nitrogens with zero attached hydrogens (tertiary/aromatic N) is 1. The molecular formula is C22H25NO7S. The standard InChI is InChI=1S/C22H25NO7S/c1-28-19-7-6-8-20(29-2)21(19)22(25)30-15-18(24)16-9-11-17(12-10-16)31(26,27)23-13-4-3-5-14-23/h6-12H,3-5,13-15H2,1-2H3. The minimum Gasteiger partial charge on any atom is -0.496 e. The van der Waals surface area contributed by atoms with Gasteiger partial charge in [0.15, 0.2) is 12.4 Å². The maximum Gasteiger partial charge on any atom is 0.346 e. The Morgan fingerprint density at radius 1 is 0.903 bits per heavy atom. The normalized spacial score (nSPS) is 14.6. The van der Waals surface area contributed by atoms with Crippen LogP contribution in [0.1, 0.15) is 40.0 Å². The molecule has 0 atom stereocenters. The van der Waals surface area contributed by atoms with E-state index in [4.69, 9.17) is 14.2 Å². The van der Waals surface area contributed by atoms with Gasteiger partial charge in [-0.1, -0.05) is 12.5 Å². The van der Waals surface area contributed by atoms with Gasteiger partial charge in [-0.05, 0) is 49.2 Å². The van der Waals surface area contributed by atoms with Crippen molar-refractivity contribution in [1.29, 1.82) is 0 Å². The summed E-state index contributed by atoms with van der Waals surface area (Å²) in [6.07, 6.45) is 2.72. The van der Waals surface area contributed by atoms with Crippen LogP contribution in [0.5, 0.6) is 11.5 Å². The van der Waals surface area contributed by atoms with E-state index in [1.807, 2.05) is 0 Å². The van der Waals surface area contributed by atoms with E-state index in [-0.39, 0.29) is 27.5 Å². The first kappa shape index (κ1) is 22.8. The summed E-state index contributed by atoms with van der Waals surface area (Å²) in [6, 6.07) is 10.5. The first-order valence-electron chi connectivity index (χ1n) is 9.90. The number of methoxy groups -OCH3 is 2. The van der Waals surface area contributed by atoms with Gasteiger partial charge in [0.25, 0.3) is 0 Å². The van der Waals surface area contributed by atoms with Gasteiger partial charge < -0.3 is 14.2 Å². The number of benzene rings is 2. The predicted octanol–water partition coefficient (Wildman–Crippen LogP) is 2.92. The van der Waals surface area contributed by atoms with Crippen molar-refractivity contribution in [2.45, 2.75) is 24.2 Å². The largest absolute Gasteiger partial charge is 0.496 e. The van der Waals surface area contributed by atoms with E-state index in [1.54, 1.807) is 18.2 Å². The fourth-order valence-corrected chi connectivity index (χ4v) is 4.92.